The summed E-state index contributed by atoms with van der Waals surface area (Å²) in [5.41, 5.74) is 5.34. The highest BCUT2D eigenvalue weighted by Crippen LogP contribution is 2.21. The molecule has 2 N–H and O–H groups in total. The average molecular weight is 497 g/mol. The number of carbonyl (C=O) groups is 1. The Kier molecular flexibility index (Phi) is 9.50. The molecule has 7 heteroatoms. The predicted molar refractivity (Wildman–Crippen MR) is 132 cm³/mol. The zero-order valence-corrected chi connectivity index (χ0v) is 19.9. The van der Waals surface area contributed by atoms with Gasteiger partial charge in [-0.1, -0.05) is 67.1 Å². The van der Waals surface area contributed by atoms with Crippen LogP contribution in [0, 0.1) is 0 Å². The number of amides is 1. The van der Waals surface area contributed by atoms with Gasteiger partial charge in [-0.05, 0) is 54.4 Å². The Morgan fingerprint density at radius 2 is 1.78 bits per heavy atom. The molecular formula is C25H29BrN4O2. The number of carbonyl (C=O) groups excluding carboxylic acids is 1. The Labute approximate surface area is 197 Å². The van der Waals surface area contributed by atoms with E-state index < -0.39 is 0 Å². The van der Waals surface area contributed by atoms with Crippen LogP contribution in [0.15, 0.2) is 64.2 Å². The summed E-state index contributed by atoms with van der Waals surface area (Å²) in [6.07, 6.45) is 9.06. The first-order valence-corrected chi connectivity index (χ1v) is 11.8. The molecule has 6 nitrogen and oxygen atoms in total. The molecule has 0 unspecified atom stereocenters. The van der Waals surface area contributed by atoms with Crippen LogP contribution in [0.2, 0.25) is 0 Å². The van der Waals surface area contributed by atoms with Crippen LogP contribution in [0.1, 0.15) is 61.5 Å². The molecule has 0 atom stereocenters. The molecule has 3 rings (SSSR count). The minimum Gasteiger partial charge on any atom is -0.494 e. The first-order chi connectivity index (χ1) is 15.7. The number of benzene rings is 2. The molecule has 1 amide bonds. The quantitative estimate of drug-likeness (QED) is 0.174. The van der Waals surface area contributed by atoms with Crippen molar-refractivity contribution in [1.82, 2.24) is 15.6 Å². The van der Waals surface area contributed by atoms with Crippen LogP contribution in [0.4, 0.5) is 0 Å². The van der Waals surface area contributed by atoms with Gasteiger partial charge in [-0.3, -0.25) is 9.89 Å². The fraction of sp³-hybridized carbons (Fsp3) is 0.320. The molecule has 0 saturated heterocycles. The van der Waals surface area contributed by atoms with E-state index in [2.05, 4.69) is 43.6 Å². The van der Waals surface area contributed by atoms with Crippen molar-refractivity contribution in [2.24, 2.45) is 5.10 Å². The number of hydrogen-bond donors (Lipinski definition) is 2. The van der Waals surface area contributed by atoms with Gasteiger partial charge in [0, 0.05) is 10.0 Å². The first kappa shape index (κ1) is 23.7. The molecular weight excluding hydrogens is 468 g/mol. The van der Waals surface area contributed by atoms with Gasteiger partial charge in [-0.2, -0.15) is 10.2 Å². The van der Waals surface area contributed by atoms with Crippen molar-refractivity contribution < 1.29 is 9.53 Å². The predicted octanol–water partition coefficient (Wildman–Crippen LogP) is 6.34. The van der Waals surface area contributed by atoms with Gasteiger partial charge in [-0.25, -0.2) is 5.43 Å². The number of aromatic nitrogens is 2. The van der Waals surface area contributed by atoms with Crippen molar-refractivity contribution in [2.75, 3.05) is 6.61 Å². The lowest BCUT2D eigenvalue weighted by atomic mass is 10.1. The maximum Gasteiger partial charge on any atom is 0.289 e. The number of hydrogen-bond acceptors (Lipinski definition) is 4. The molecule has 32 heavy (non-hydrogen) atoms. The minimum atomic E-state index is -0.351. The van der Waals surface area contributed by atoms with Crippen molar-refractivity contribution in [2.45, 2.75) is 45.4 Å². The van der Waals surface area contributed by atoms with E-state index in [1.165, 1.54) is 32.1 Å². The number of nitrogens with zero attached hydrogens (tertiary/aromatic N) is 2. The van der Waals surface area contributed by atoms with E-state index in [0.717, 1.165) is 34.4 Å². The van der Waals surface area contributed by atoms with Crippen molar-refractivity contribution >= 4 is 28.1 Å². The first-order valence-electron chi connectivity index (χ1n) is 11.0. The lowest BCUT2D eigenvalue weighted by Crippen LogP contribution is -2.17. The van der Waals surface area contributed by atoms with Gasteiger partial charge in [0.15, 0.2) is 0 Å². The average Bonchev–Trinajstić information content (AvgIpc) is 3.31. The van der Waals surface area contributed by atoms with Crippen LogP contribution in [0.25, 0.3) is 11.3 Å². The smallest absolute Gasteiger partial charge is 0.289 e. The molecule has 0 spiro atoms. The monoisotopic (exact) mass is 496 g/mol. The fourth-order valence-electron chi connectivity index (χ4n) is 3.15. The highest BCUT2D eigenvalue weighted by atomic mass is 79.9. The number of ether oxygens (including phenoxy) is 1. The van der Waals surface area contributed by atoms with Crippen LogP contribution >= 0.6 is 15.9 Å². The van der Waals surface area contributed by atoms with E-state index in [4.69, 9.17) is 4.74 Å². The summed E-state index contributed by atoms with van der Waals surface area (Å²) in [6, 6.07) is 17.1. The molecule has 168 valence electrons. The van der Waals surface area contributed by atoms with Gasteiger partial charge in [-0.15, -0.1) is 0 Å². The molecule has 2 aromatic carbocycles. The zero-order chi connectivity index (χ0) is 22.6. The van der Waals surface area contributed by atoms with E-state index in [0.29, 0.717) is 11.4 Å². The van der Waals surface area contributed by atoms with Crippen LogP contribution in [-0.4, -0.2) is 28.9 Å². The van der Waals surface area contributed by atoms with E-state index in [1.54, 1.807) is 12.3 Å². The normalized spacial score (nSPS) is 11.1. The Morgan fingerprint density at radius 3 is 2.53 bits per heavy atom. The lowest BCUT2D eigenvalue weighted by Gasteiger charge is -2.06. The van der Waals surface area contributed by atoms with Gasteiger partial charge in [0.1, 0.15) is 11.4 Å². The van der Waals surface area contributed by atoms with Crippen LogP contribution in [0.3, 0.4) is 0 Å². The van der Waals surface area contributed by atoms with Crippen LogP contribution in [-0.2, 0) is 0 Å². The van der Waals surface area contributed by atoms with Crippen molar-refractivity contribution in [3.05, 3.63) is 70.3 Å². The minimum absolute atomic E-state index is 0.344. The number of aromatic amines is 1. The van der Waals surface area contributed by atoms with Crippen molar-refractivity contribution in [3.8, 4) is 17.0 Å². The summed E-state index contributed by atoms with van der Waals surface area (Å²) in [6.45, 7) is 2.96. The van der Waals surface area contributed by atoms with E-state index in [-0.39, 0.29) is 5.91 Å². The Balaban J connectivity index is 1.46. The second kappa shape index (κ2) is 12.8. The second-order valence-electron chi connectivity index (χ2n) is 7.56. The molecule has 0 aliphatic carbocycles. The summed E-state index contributed by atoms with van der Waals surface area (Å²) in [5.74, 6) is 0.495. The van der Waals surface area contributed by atoms with Gasteiger partial charge in [0.25, 0.3) is 5.91 Å². The summed E-state index contributed by atoms with van der Waals surface area (Å²) in [4.78, 5) is 12.3. The lowest BCUT2D eigenvalue weighted by molar-refractivity contribution is 0.0950. The number of unbranched alkanes of at least 4 members (excludes halogenated alkanes) is 5. The zero-order valence-electron chi connectivity index (χ0n) is 18.3. The van der Waals surface area contributed by atoms with Crippen molar-refractivity contribution in [3.63, 3.8) is 0 Å². The summed E-state index contributed by atoms with van der Waals surface area (Å²) < 4.78 is 6.81. The molecule has 0 bridgehead atoms. The third-order valence-corrected chi connectivity index (χ3v) is 5.52. The molecule has 0 aliphatic heterocycles. The fourth-order valence-corrected chi connectivity index (χ4v) is 3.42. The SMILES string of the molecule is CCCCCCCCOc1ccc(-c2cc(C(=O)N/N=C/c3ccc(Br)cc3)[nH]n2)cc1. The third-order valence-electron chi connectivity index (χ3n) is 4.99. The highest BCUT2D eigenvalue weighted by molar-refractivity contribution is 9.10. The maximum atomic E-state index is 12.3. The van der Waals surface area contributed by atoms with E-state index in [9.17, 15) is 4.79 Å². The highest BCUT2D eigenvalue weighted by Gasteiger charge is 2.10. The molecule has 0 radical (unpaired) electrons. The molecule has 3 aromatic rings. The summed E-state index contributed by atoms with van der Waals surface area (Å²) in [5, 5.41) is 11.0. The van der Waals surface area contributed by atoms with E-state index >= 15 is 0 Å². The second-order valence-corrected chi connectivity index (χ2v) is 8.47. The maximum absolute atomic E-state index is 12.3. The van der Waals surface area contributed by atoms with Gasteiger partial charge in [0.2, 0.25) is 0 Å². The number of H-pyrrole nitrogens is 1. The third kappa shape index (κ3) is 7.64. The molecule has 1 aromatic heterocycles. The molecule has 0 aliphatic rings. The largest absolute Gasteiger partial charge is 0.494 e. The van der Waals surface area contributed by atoms with Gasteiger partial charge in [0.05, 0.1) is 18.5 Å². The van der Waals surface area contributed by atoms with Crippen LogP contribution < -0.4 is 10.2 Å². The Hall–Kier alpha value is -2.93. The number of nitrogens with one attached hydrogen (secondary N) is 2. The Morgan fingerprint density at radius 1 is 1.06 bits per heavy atom. The molecule has 1 heterocycles. The van der Waals surface area contributed by atoms with E-state index in [1.807, 2.05) is 48.5 Å². The summed E-state index contributed by atoms with van der Waals surface area (Å²) in [7, 11) is 0. The van der Waals surface area contributed by atoms with Gasteiger partial charge < -0.3 is 4.74 Å². The standard InChI is InChI=1S/C25H29BrN4O2/c1-2-3-4-5-6-7-16-32-22-14-10-20(11-15-22)23-17-24(29-28-23)25(31)30-27-18-19-8-12-21(26)13-9-19/h8-15,17-18H,2-7,16H2,1H3,(H,28,29)(H,30,31)/b27-18+. The molecule has 0 fully saturated rings. The molecule has 0 saturated carbocycles. The number of halogens is 1. The summed E-state index contributed by atoms with van der Waals surface area (Å²) >= 11 is 3.38. The number of hydrazone groups is 1. The van der Waals surface area contributed by atoms with Crippen LogP contribution in [0.5, 0.6) is 5.75 Å². The topological polar surface area (TPSA) is 79.4 Å². The van der Waals surface area contributed by atoms with Crippen molar-refractivity contribution in [1.29, 1.82) is 0 Å². The number of rotatable bonds is 12. The Bertz CT molecular complexity index is 998. The van der Waals surface area contributed by atoms with Gasteiger partial charge >= 0.3 is 0 Å².